The molecule has 3 aromatic rings. The minimum absolute atomic E-state index is 0. The molecule has 0 unspecified atom stereocenters. The molecular formula is C21H14F3KO4. The Bertz CT molecular complexity index is 1020. The number of carbonyl (C=O) groups excluding carboxylic acids is 1. The van der Waals surface area contributed by atoms with E-state index in [2.05, 4.69) is 0 Å². The zero-order valence-electron chi connectivity index (χ0n) is 15.4. The number of alkyl halides is 3. The minimum atomic E-state index is -4.46. The van der Waals surface area contributed by atoms with E-state index in [4.69, 9.17) is 4.74 Å². The SMILES string of the molecule is O=C([O-])c1ccc(-c2ccccc2COc2cccc(C(F)(F)F)c2)cc1O.[K+]. The van der Waals surface area contributed by atoms with Crippen LogP contribution in [0.4, 0.5) is 13.2 Å². The van der Waals surface area contributed by atoms with Gasteiger partial charge in [-0.15, -0.1) is 0 Å². The molecule has 0 amide bonds. The average Bonchev–Trinajstić information content (AvgIpc) is 2.66. The van der Waals surface area contributed by atoms with Crippen LogP contribution < -0.4 is 61.2 Å². The van der Waals surface area contributed by atoms with Crippen molar-refractivity contribution in [1.82, 2.24) is 0 Å². The molecule has 144 valence electrons. The number of rotatable bonds is 5. The molecule has 0 radical (unpaired) electrons. The van der Waals surface area contributed by atoms with Crippen molar-refractivity contribution >= 4 is 5.97 Å². The van der Waals surface area contributed by atoms with Crippen LogP contribution in [0.3, 0.4) is 0 Å². The maximum Gasteiger partial charge on any atom is 1.00 e. The third kappa shape index (κ3) is 5.83. The number of halogens is 3. The van der Waals surface area contributed by atoms with Crippen molar-refractivity contribution in [3.8, 4) is 22.6 Å². The largest absolute Gasteiger partial charge is 1.00 e. The van der Waals surface area contributed by atoms with Crippen LogP contribution in [0, 0.1) is 0 Å². The van der Waals surface area contributed by atoms with Crippen LogP contribution in [0.15, 0.2) is 66.7 Å². The quantitative estimate of drug-likeness (QED) is 0.619. The Balaban J connectivity index is 0.00000300. The fourth-order valence-corrected chi connectivity index (χ4v) is 2.72. The number of ether oxygens (including phenoxy) is 1. The summed E-state index contributed by atoms with van der Waals surface area (Å²) in [5, 5.41) is 20.8. The smallest absolute Gasteiger partial charge is 0.545 e. The van der Waals surface area contributed by atoms with Crippen molar-refractivity contribution in [3.05, 3.63) is 83.4 Å². The van der Waals surface area contributed by atoms with Gasteiger partial charge in [-0.05, 0) is 47.0 Å². The molecule has 29 heavy (non-hydrogen) atoms. The summed E-state index contributed by atoms with van der Waals surface area (Å²) in [6.07, 6.45) is -4.46. The van der Waals surface area contributed by atoms with Crippen molar-refractivity contribution in [2.24, 2.45) is 0 Å². The number of benzene rings is 3. The Morgan fingerprint density at radius 1 is 1.00 bits per heavy atom. The fourth-order valence-electron chi connectivity index (χ4n) is 2.72. The molecule has 0 spiro atoms. The Kier molecular flexibility index (Phi) is 7.90. The molecule has 0 aliphatic carbocycles. The van der Waals surface area contributed by atoms with Gasteiger partial charge in [0.25, 0.3) is 0 Å². The molecule has 0 fully saturated rings. The number of carboxylic acid groups (broad SMARTS) is 1. The molecule has 8 heteroatoms. The summed E-state index contributed by atoms with van der Waals surface area (Å²) in [4.78, 5) is 10.9. The molecule has 4 nitrogen and oxygen atoms in total. The normalized spacial score (nSPS) is 10.9. The van der Waals surface area contributed by atoms with Gasteiger partial charge in [0, 0.05) is 5.56 Å². The predicted molar refractivity (Wildman–Crippen MR) is 93.6 cm³/mol. The van der Waals surface area contributed by atoms with Crippen LogP contribution in [-0.2, 0) is 12.8 Å². The summed E-state index contributed by atoms with van der Waals surface area (Å²) in [5.74, 6) is -1.86. The van der Waals surface area contributed by atoms with Gasteiger partial charge in [0.2, 0.25) is 0 Å². The molecule has 0 saturated carbocycles. The number of aromatic carboxylic acids is 1. The van der Waals surface area contributed by atoms with Crippen molar-refractivity contribution in [1.29, 1.82) is 0 Å². The first-order chi connectivity index (χ1) is 13.3. The first-order valence-corrected chi connectivity index (χ1v) is 8.18. The van der Waals surface area contributed by atoms with Crippen molar-refractivity contribution in [2.45, 2.75) is 12.8 Å². The molecule has 0 aliphatic rings. The molecule has 3 rings (SSSR count). The maximum atomic E-state index is 12.8. The van der Waals surface area contributed by atoms with Gasteiger partial charge in [0.15, 0.2) is 0 Å². The summed E-state index contributed by atoms with van der Waals surface area (Å²) in [7, 11) is 0. The van der Waals surface area contributed by atoms with Gasteiger partial charge in [-0.1, -0.05) is 36.4 Å². The number of aromatic hydroxyl groups is 1. The Morgan fingerprint density at radius 3 is 2.38 bits per heavy atom. The summed E-state index contributed by atoms with van der Waals surface area (Å²) in [5.41, 5.74) is 0.698. The first-order valence-electron chi connectivity index (χ1n) is 8.18. The van der Waals surface area contributed by atoms with Gasteiger partial charge in [-0.25, -0.2) is 0 Å². The Labute approximate surface area is 207 Å². The molecular weight excluding hydrogens is 412 g/mol. The van der Waals surface area contributed by atoms with Gasteiger partial charge in [-0.3, -0.25) is 0 Å². The maximum absolute atomic E-state index is 12.8. The first kappa shape index (κ1) is 23.4. The topological polar surface area (TPSA) is 69.6 Å². The average molecular weight is 426 g/mol. The van der Waals surface area contributed by atoms with Crippen LogP contribution in [-0.4, -0.2) is 11.1 Å². The van der Waals surface area contributed by atoms with Crippen LogP contribution in [0.2, 0.25) is 0 Å². The summed E-state index contributed by atoms with van der Waals surface area (Å²) in [6.45, 7) is -0.0134. The molecule has 0 saturated heterocycles. The van der Waals surface area contributed by atoms with E-state index in [1.54, 1.807) is 24.3 Å². The Morgan fingerprint density at radius 2 is 1.72 bits per heavy atom. The van der Waals surface area contributed by atoms with Gasteiger partial charge >= 0.3 is 57.6 Å². The molecule has 0 aromatic heterocycles. The number of phenols is 1. The van der Waals surface area contributed by atoms with E-state index >= 15 is 0 Å². The third-order valence-corrected chi connectivity index (χ3v) is 4.10. The second kappa shape index (κ2) is 9.77. The van der Waals surface area contributed by atoms with Gasteiger partial charge < -0.3 is 19.7 Å². The molecule has 0 atom stereocenters. The zero-order chi connectivity index (χ0) is 20.3. The minimum Gasteiger partial charge on any atom is -0.545 e. The van der Waals surface area contributed by atoms with Crippen LogP contribution in [0.5, 0.6) is 11.5 Å². The van der Waals surface area contributed by atoms with Crippen LogP contribution >= 0.6 is 0 Å². The fraction of sp³-hybridized carbons (Fsp3) is 0.0952. The van der Waals surface area contributed by atoms with Crippen molar-refractivity contribution in [2.75, 3.05) is 0 Å². The van der Waals surface area contributed by atoms with E-state index in [9.17, 15) is 28.2 Å². The summed E-state index contributed by atoms with van der Waals surface area (Å²) in [6, 6.07) is 15.5. The molecule has 3 aromatic carbocycles. The second-order valence-corrected chi connectivity index (χ2v) is 5.99. The van der Waals surface area contributed by atoms with E-state index in [1.165, 1.54) is 30.3 Å². The monoisotopic (exact) mass is 426 g/mol. The van der Waals surface area contributed by atoms with Crippen LogP contribution in [0.1, 0.15) is 21.5 Å². The van der Waals surface area contributed by atoms with Crippen LogP contribution in [0.25, 0.3) is 11.1 Å². The van der Waals surface area contributed by atoms with E-state index in [0.717, 1.165) is 12.1 Å². The molecule has 1 N–H and O–H groups in total. The number of hydrogen-bond donors (Lipinski definition) is 1. The third-order valence-electron chi connectivity index (χ3n) is 4.10. The van der Waals surface area contributed by atoms with Gasteiger partial charge in [0.05, 0.1) is 11.5 Å². The molecule has 0 aliphatic heterocycles. The summed E-state index contributed by atoms with van der Waals surface area (Å²) >= 11 is 0. The predicted octanol–water partition coefficient (Wildman–Crippen LogP) is 1.02. The molecule has 0 heterocycles. The van der Waals surface area contributed by atoms with E-state index < -0.39 is 23.5 Å². The van der Waals surface area contributed by atoms with Crippen molar-refractivity contribution < 1.29 is 84.3 Å². The number of hydrogen-bond acceptors (Lipinski definition) is 4. The number of carbonyl (C=O) groups is 1. The Hall–Kier alpha value is -1.84. The van der Waals surface area contributed by atoms with Gasteiger partial charge in [-0.2, -0.15) is 13.2 Å². The van der Waals surface area contributed by atoms with Crippen molar-refractivity contribution in [3.63, 3.8) is 0 Å². The summed E-state index contributed by atoms with van der Waals surface area (Å²) < 4.78 is 44.0. The molecule has 0 bridgehead atoms. The van der Waals surface area contributed by atoms with E-state index in [1.807, 2.05) is 0 Å². The zero-order valence-corrected chi connectivity index (χ0v) is 18.5. The number of carboxylic acids is 1. The second-order valence-electron chi connectivity index (χ2n) is 5.99. The van der Waals surface area contributed by atoms with E-state index in [0.29, 0.717) is 16.7 Å². The van der Waals surface area contributed by atoms with Gasteiger partial charge in [0.1, 0.15) is 18.1 Å². The van der Waals surface area contributed by atoms with E-state index in [-0.39, 0.29) is 69.3 Å². The standard InChI is InChI=1S/C21H15F3O4.K/c22-21(23,24)15-5-3-6-16(11-15)28-12-14-4-1-2-7-17(14)13-8-9-18(20(26)27)19(25)10-13;/h1-11,25H,12H2,(H,26,27);/q;+1/p-1.